The molecule has 2 atom stereocenters. The van der Waals surface area contributed by atoms with Crippen molar-refractivity contribution in [3.05, 3.63) is 24.1 Å². The van der Waals surface area contributed by atoms with Gasteiger partial charge in [0.25, 0.3) is 0 Å². The van der Waals surface area contributed by atoms with E-state index in [-0.39, 0.29) is 17.9 Å². The highest BCUT2D eigenvalue weighted by molar-refractivity contribution is 5.94. The van der Waals surface area contributed by atoms with Gasteiger partial charge >= 0.3 is 0 Å². The maximum absolute atomic E-state index is 12.2. The van der Waals surface area contributed by atoms with Crippen molar-refractivity contribution in [1.82, 2.24) is 10.3 Å². The first-order valence-corrected chi connectivity index (χ1v) is 6.55. The Bertz CT molecular complexity index is 620. The first-order valence-electron chi connectivity index (χ1n) is 6.55. The number of fused-ring (bicyclic) bond motifs is 1. The van der Waals surface area contributed by atoms with Gasteiger partial charge in [-0.05, 0) is 38.1 Å². The summed E-state index contributed by atoms with van der Waals surface area (Å²) in [6.45, 7) is 4.76. The molecule has 5 nitrogen and oxygen atoms in total. The van der Waals surface area contributed by atoms with Crippen molar-refractivity contribution in [2.24, 2.45) is 5.92 Å². The Morgan fingerprint density at radius 3 is 3.11 bits per heavy atom. The fraction of sp³-hybridized carbons (Fsp3) is 0.429. The molecule has 0 radical (unpaired) electrons. The molecular weight excluding hydrogens is 242 g/mol. The number of hydrogen-bond acceptors (Lipinski definition) is 4. The molecule has 1 saturated heterocycles. The first-order chi connectivity index (χ1) is 9.13. The lowest BCUT2D eigenvalue weighted by molar-refractivity contribution is -0.119. The van der Waals surface area contributed by atoms with Gasteiger partial charge < -0.3 is 15.1 Å². The number of nitrogens with one attached hydrogen (secondary N) is 2. The highest BCUT2D eigenvalue weighted by Gasteiger charge is 2.29. The summed E-state index contributed by atoms with van der Waals surface area (Å²) in [4.78, 5) is 16.4. The topological polar surface area (TPSA) is 67.2 Å². The molecule has 2 aromatic rings. The molecule has 0 aliphatic carbocycles. The van der Waals surface area contributed by atoms with Crippen LogP contribution in [0.1, 0.15) is 19.2 Å². The van der Waals surface area contributed by atoms with Crippen LogP contribution in [0.25, 0.3) is 11.1 Å². The van der Waals surface area contributed by atoms with Crippen LogP contribution in [0.5, 0.6) is 0 Å². The van der Waals surface area contributed by atoms with E-state index in [4.69, 9.17) is 4.42 Å². The van der Waals surface area contributed by atoms with E-state index in [9.17, 15) is 4.79 Å². The number of nitrogens with zero attached hydrogens (tertiary/aromatic N) is 1. The highest BCUT2D eigenvalue weighted by atomic mass is 16.3. The Balaban J connectivity index is 1.79. The number of aryl methyl sites for hydroxylation is 1. The Hall–Kier alpha value is -1.88. The van der Waals surface area contributed by atoms with Crippen LogP contribution in [-0.2, 0) is 4.79 Å². The van der Waals surface area contributed by atoms with Gasteiger partial charge in [0.2, 0.25) is 5.91 Å². The van der Waals surface area contributed by atoms with Crippen LogP contribution in [0, 0.1) is 12.8 Å². The van der Waals surface area contributed by atoms with Gasteiger partial charge in [-0.3, -0.25) is 4.79 Å². The van der Waals surface area contributed by atoms with Crippen molar-refractivity contribution in [2.75, 3.05) is 11.9 Å². The number of amides is 1. The Morgan fingerprint density at radius 1 is 1.53 bits per heavy atom. The van der Waals surface area contributed by atoms with Gasteiger partial charge in [0, 0.05) is 18.7 Å². The predicted octanol–water partition coefficient (Wildman–Crippen LogP) is 2.07. The zero-order chi connectivity index (χ0) is 13.4. The van der Waals surface area contributed by atoms with Gasteiger partial charge in [-0.1, -0.05) is 0 Å². The fourth-order valence-electron chi connectivity index (χ4n) is 2.57. The lowest BCUT2D eigenvalue weighted by Crippen LogP contribution is -2.32. The summed E-state index contributed by atoms with van der Waals surface area (Å²) in [5.74, 6) is 0.735. The molecule has 1 fully saturated rings. The second-order valence-corrected chi connectivity index (χ2v) is 5.04. The number of carbonyl (C=O) groups excluding carboxylic acids is 1. The largest absolute Gasteiger partial charge is 0.441 e. The van der Waals surface area contributed by atoms with Crippen molar-refractivity contribution < 1.29 is 9.21 Å². The summed E-state index contributed by atoms with van der Waals surface area (Å²) in [6.07, 6.45) is 0.887. The fourth-order valence-corrected chi connectivity index (χ4v) is 2.57. The third-order valence-corrected chi connectivity index (χ3v) is 3.62. The van der Waals surface area contributed by atoms with Crippen LogP contribution in [0.2, 0.25) is 0 Å². The van der Waals surface area contributed by atoms with Crippen molar-refractivity contribution >= 4 is 22.7 Å². The summed E-state index contributed by atoms with van der Waals surface area (Å²) >= 11 is 0. The van der Waals surface area contributed by atoms with Crippen LogP contribution in [0.4, 0.5) is 5.69 Å². The molecule has 1 aromatic heterocycles. The molecule has 0 bridgehead atoms. The van der Waals surface area contributed by atoms with Crippen LogP contribution in [0.15, 0.2) is 22.6 Å². The molecule has 3 rings (SSSR count). The summed E-state index contributed by atoms with van der Waals surface area (Å²) < 4.78 is 5.41. The number of rotatable bonds is 2. The molecule has 1 amide bonds. The Kier molecular flexibility index (Phi) is 2.98. The zero-order valence-corrected chi connectivity index (χ0v) is 11.1. The zero-order valence-electron chi connectivity index (χ0n) is 11.1. The summed E-state index contributed by atoms with van der Waals surface area (Å²) in [5.41, 5.74) is 2.28. The molecule has 5 heteroatoms. The van der Waals surface area contributed by atoms with E-state index in [1.165, 1.54) is 0 Å². The molecule has 2 heterocycles. The molecule has 2 N–H and O–H groups in total. The van der Waals surface area contributed by atoms with Crippen molar-refractivity contribution in [3.63, 3.8) is 0 Å². The van der Waals surface area contributed by atoms with Crippen molar-refractivity contribution in [2.45, 2.75) is 26.3 Å². The third-order valence-electron chi connectivity index (χ3n) is 3.62. The minimum atomic E-state index is 0.0368. The Labute approximate surface area is 111 Å². The SMILES string of the molecule is Cc1nc2cc(NC(=O)C3CCNC3C)ccc2o1. The average molecular weight is 259 g/mol. The number of aromatic nitrogens is 1. The highest BCUT2D eigenvalue weighted by Crippen LogP contribution is 2.22. The van der Waals surface area contributed by atoms with Gasteiger partial charge in [0.05, 0.1) is 5.92 Å². The van der Waals surface area contributed by atoms with E-state index in [0.717, 1.165) is 29.8 Å². The second-order valence-electron chi connectivity index (χ2n) is 5.04. The minimum absolute atomic E-state index is 0.0368. The van der Waals surface area contributed by atoms with Gasteiger partial charge in [-0.25, -0.2) is 4.98 Å². The number of oxazole rings is 1. The average Bonchev–Trinajstić information content (AvgIpc) is 2.93. The van der Waals surface area contributed by atoms with E-state index in [0.29, 0.717) is 5.89 Å². The molecule has 1 aliphatic heterocycles. The Morgan fingerprint density at radius 2 is 2.37 bits per heavy atom. The molecule has 0 spiro atoms. The summed E-state index contributed by atoms with van der Waals surface area (Å²) in [5, 5.41) is 6.24. The van der Waals surface area contributed by atoms with Gasteiger partial charge in [0.1, 0.15) is 5.52 Å². The molecule has 2 unspecified atom stereocenters. The number of hydrogen-bond donors (Lipinski definition) is 2. The number of benzene rings is 1. The monoisotopic (exact) mass is 259 g/mol. The smallest absolute Gasteiger partial charge is 0.229 e. The van der Waals surface area contributed by atoms with Crippen LogP contribution in [-0.4, -0.2) is 23.5 Å². The molecule has 19 heavy (non-hydrogen) atoms. The van der Waals surface area contributed by atoms with Gasteiger partial charge in [-0.2, -0.15) is 0 Å². The van der Waals surface area contributed by atoms with Crippen molar-refractivity contribution in [1.29, 1.82) is 0 Å². The molecule has 100 valence electrons. The van der Waals surface area contributed by atoms with E-state index in [1.54, 1.807) is 0 Å². The van der Waals surface area contributed by atoms with E-state index >= 15 is 0 Å². The second kappa shape index (κ2) is 4.66. The van der Waals surface area contributed by atoms with Gasteiger partial charge in [0.15, 0.2) is 11.5 Å². The van der Waals surface area contributed by atoms with E-state index in [1.807, 2.05) is 32.0 Å². The van der Waals surface area contributed by atoms with Crippen LogP contribution >= 0.6 is 0 Å². The van der Waals surface area contributed by atoms with Crippen LogP contribution in [0.3, 0.4) is 0 Å². The predicted molar refractivity (Wildman–Crippen MR) is 72.9 cm³/mol. The maximum atomic E-state index is 12.2. The van der Waals surface area contributed by atoms with E-state index < -0.39 is 0 Å². The van der Waals surface area contributed by atoms with Gasteiger partial charge in [-0.15, -0.1) is 0 Å². The molecule has 1 aromatic carbocycles. The first kappa shape index (κ1) is 12.2. The quantitative estimate of drug-likeness (QED) is 0.866. The molecular formula is C14H17N3O2. The van der Waals surface area contributed by atoms with Crippen LogP contribution < -0.4 is 10.6 Å². The maximum Gasteiger partial charge on any atom is 0.229 e. The lowest BCUT2D eigenvalue weighted by atomic mass is 10.0. The van der Waals surface area contributed by atoms with E-state index in [2.05, 4.69) is 15.6 Å². The third kappa shape index (κ3) is 2.33. The van der Waals surface area contributed by atoms with Crippen molar-refractivity contribution in [3.8, 4) is 0 Å². The lowest BCUT2D eigenvalue weighted by Gasteiger charge is -2.14. The molecule has 0 saturated carbocycles. The normalized spacial score (nSPS) is 22.8. The number of carbonyl (C=O) groups is 1. The summed E-state index contributed by atoms with van der Waals surface area (Å²) in [6, 6.07) is 5.76. The number of anilines is 1. The standard InChI is InChI=1S/C14H17N3O2/c1-8-11(5-6-15-8)14(18)17-10-3-4-13-12(7-10)16-9(2)19-13/h3-4,7-8,11,15H,5-6H2,1-2H3,(H,17,18). The minimum Gasteiger partial charge on any atom is -0.441 e. The summed E-state index contributed by atoms with van der Waals surface area (Å²) in [7, 11) is 0. The molecule has 1 aliphatic rings.